The lowest BCUT2D eigenvalue weighted by molar-refractivity contribution is 0.415. The van der Waals surface area contributed by atoms with Gasteiger partial charge in [-0.15, -0.1) is 0 Å². The van der Waals surface area contributed by atoms with Crippen LogP contribution in [0.25, 0.3) is 29.1 Å². The molecule has 0 unspecified atom stereocenters. The van der Waals surface area contributed by atoms with Crippen LogP contribution >= 0.6 is 0 Å². The molecule has 0 N–H and O–H groups in total. The van der Waals surface area contributed by atoms with Gasteiger partial charge < -0.3 is 4.74 Å². The van der Waals surface area contributed by atoms with E-state index in [0.717, 1.165) is 33.9 Å². The molecule has 4 nitrogen and oxygen atoms in total. The Bertz CT molecular complexity index is 1020. The van der Waals surface area contributed by atoms with Gasteiger partial charge in [-0.05, 0) is 35.9 Å². The molecule has 0 aliphatic carbocycles. The number of methoxy groups -OCH3 is 1. The van der Waals surface area contributed by atoms with Gasteiger partial charge in [-0.3, -0.25) is 9.38 Å². The zero-order valence-electron chi connectivity index (χ0n) is 13.8. The van der Waals surface area contributed by atoms with Crippen LogP contribution in [0.1, 0.15) is 11.3 Å². The molecule has 0 saturated carbocycles. The molecular formula is C21H17N3O. The third-order valence-corrected chi connectivity index (χ3v) is 4.05. The molecule has 0 atom stereocenters. The van der Waals surface area contributed by atoms with E-state index in [0.29, 0.717) is 0 Å². The van der Waals surface area contributed by atoms with Crippen molar-refractivity contribution in [2.75, 3.05) is 7.11 Å². The number of benzene rings is 2. The SMILES string of the molecule is COc1ccc(-c2cnc3cnc(/C=C/c4ccccc4)cn23)cc1. The highest BCUT2D eigenvalue weighted by Crippen LogP contribution is 2.23. The zero-order chi connectivity index (χ0) is 17.1. The molecule has 4 aromatic rings. The maximum Gasteiger partial charge on any atom is 0.155 e. The predicted octanol–water partition coefficient (Wildman–Crippen LogP) is 4.58. The summed E-state index contributed by atoms with van der Waals surface area (Å²) in [5.74, 6) is 0.839. The molecule has 2 aromatic carbocycles. The van der Waals surface area contributed by atoms with Crippen molar-refractivity contribution < 1.29 is 4.74 Å². The second-order valence-electron chi connectivity index (χ2n) is 5.66. The highest BCUT2D eigenvalue weighted by Gasteiger charge is 2.07. The van der Waals surface area contributed by atoms with Gasteiger partial charge in [0.15, 0.2) is 5.65 Å². The van der Waals surface area contributed by atoms with Crippen molar-refractivity contribution in [3.8, 4) is 17.0 Å². The summed E-state index contributed by atoms with van der Waals surface area (Å²) in [6.07, 6.45) is 9.72. The van der Waals surface area contributed by atoms with Crippen molar-refractivity contribution in [2.45, 2.75) is 0 Å². The fourth-order valence-corrected chi connectivity index (χ4v) is 2.71. The van der Waals surface area contributed by atoms with E-state index in [9.17, 15) is 0 Å². The molecule has 0 fully saturated rings. The average molecular weight is 327 g/mol. The summed E-state index contributed by atoms with van der Waals surface area (Å²) in [5, 5.41) is 0. The maximum absolute atomic E-state index is 5.23. The summed E-state index contributed by atoms with van der Waals surface area (Å²) in [4.78, 5) is 8.91. The summed E-state index contributed by atoms with van der Waals surface area (Å²) in [7, 11) is 1.67. The average Bonchev–Trinajstić information content (AvgIpc) is 3.10. The Hall–Kier alpha value is -3.40. The first-order valence-corrected chi connectivity index (χ1v) is 8.04. The monoisotopic (exact) mass is 327 g/mol. The molecule has 0 aliphatic rings. The Labute approximate surface area is 146 Å². The van der Waals surface area contributed by atoms with Crippen LogP contribution in [-0.4, -0.2) is 21.5 Å². The Balaban J connectivity index is 1.71. The van der Waals surface area contributed by atoms with Gasteiger partial charge in [-0.25, -0.2) is 4.98 Å². The predicted molar refractivity (Wildman–Crippen MR) is 100 cm³/mol. The summed E-state index contributed by atoms with van der Waals surface area (Å²) in [6.45, 7) is 0. The van der Waals surface area contributed by atoms with Crippen molar-refractivity contribution in [2.24, 2.45) is 0 Å². The lowest BCUT2D eigenvalue weighted by Crippen LogP contribution is -1.92. The van der Waals surface area contributed by atoms with Crippen LogP contribution in [-0.2, 0) is 0 Å². The molecule has 25 heavy (non-hydrogen) atoms. The second kappa shape index (κ2) is 6.61. The Morgan fingerprint density at radius 1 is 0.880 bits per heavy atom. The smallest absolute Gasteiger partial charge is 0.155 e. The number of rotatable bonds is 4. The normalized spacial score (nSPS) is 11.2. The number of aromatic nitrogens is 3. The van der Waals surface area contributed by atoms with Crippen LogP contribution in [0.4, 0.5) is 0 Å². The van der Waals surface area contributed by atoms with Crippen LogP contribution in [0, 0.1) is 0 Å². The first kappa shape index (κ1) is 15.1. The third-order valence-electron chi connectivity index (χ3n) is 4.05. The van der Waals surface area contributed by atoms with Crippen LogP contribution in [0.15, 0.2) is 73.2 Å². The molecule has 0 aliphatic heterocycles. The summed E-state index contributed by atoms with van der Waals surface area (Å²) in [5.41, 5.74) is 4.95. The molecular weight excluding hydrogens is 310 g/mol. The summed E-state index contributed by atoms with van der Waals surface area (Å²) < 4.78 is 7.28. The van der Waals surface area contributed by atoms with E-state index >= 15 is 0 Å². The van der Waals surface area contributed by atoms with Crippen LogP contribution < -0.4 is 4.74 Å². The Kier molecular flexibility index (Phi) is 4.01. The van der Waals surface area contributed by atoms with Gasteiger partial charge in [-0.2, -0.15) is 0 Å². The van der Waals surface area contributed by atoms with Gasteiger partial charge in [0.25, 0.3) is 0 Å². The van der Waals surface area contributed by atoms with Gasteiger partial charge in [0.1, 0.15) is 5.75 Å². The minimum atomic E-state index is 0.822. The summed E-state index contributed by atoms with van der Waals surface area (Å²) in [6, 6.07) is 18.1. The highest BCUT2D eigenvalue weighted by atomic mass is 16.5. The third kappa shape index (κ3) is 3.15. The quantitative estimate of drug-likeness (QED) is 0.551. The van der Waals surface area contributed by atoms with Gasteiger partial charge in [0.2, 0.25) is 0 Å². The fraction of sp³-hybridized carbons (Fsp3) is 0.0476. The van der Waals surface area contributed by atoms with Crippen LogP contribution in [0.2, 0.25) is 0 Å². The molecule has 0 bridgehead atoms. The Morgan fingerprint density at radius 2 is 1.68 bits per heavy atom. The number of hydrogen-bond donors (Lipinski definition) is 0. The van der Waals surface area contributed by atoms with E-state index in [1.54, 1.807) is 13.3 Å². The number of nitrogens with zero attached hydrogens (tertiary/aromatic N) is 3. The molecule has 0 radical (unpaired) electrons. The minimum absolute atomic E-state index is 0.822. The van der Waals surface area contributed by atoms with Crippen molar-refractivity contribution in [3.63, 3.8) is 0 Å². The number of imidazole rings is 1. The van der Waals surface area contributed by atoms with Crippen molar-refractivity contribution in [1.29, 1.82) is 0 Å². The molecule has 4 heteroatoms. The first-order valence-electron chi connectivity index (χ1n) is 8.04. The summed E-state index contributed by atoms with van der Waals surface area (Å²) >= 11 is 0. The maximum atomic E-state index is 5.23. The largest absolute Gasteiger partial charge is 0.497 e. The van der Waals surface area contributed by atoms with Crippen LogP contribution in [0.3, 0.4) is 0 Å². The molecule has 2 aromatic heterocycles. The minimum Gasteiger partial charge on any atom is -0.497 e. The van der Waals surface area contributed by atoms with Gasteiger partial charge in [-0.1, -0.05) is 36.4 Å². The fourth-order valence-electron chi connectivity index (χ4n) is 2.71. The lowest BCUT2D eigenvalue weighted by Gasteiger charge is -2.04. The van der Waals surface area contributed by atoms with Crippen molar-refractivity contribution in [3.05, 3.63) is 84.4 Å². The molecule has 2 heterocycles. The molecule has 0 spiro atoms. The molecule has 122 valence electrons. The van der Waals surface area contributed by atoms with E-state index in [1.807, 2.05) is 60.9 Å². The van der Waals surface area contributed by atoms with E-state index in [-0.39, 0.29) is 0 Å². The van der Waals surface area contributed by atoms with Crippen molar-refractivity contribution >= 4 is 17.8 Å². The van der Waals surface area contributed by atoms with E-state index < -0.39 is 0 Å². The zero-order valence-corrected chi connectivity index (χ0v) is 13.8. The van der Waals surface area contributed by atoms with Crippen molar-refractivity contribution in [1.82, 2.24) is 14.4 Å². The number of hydrogen-bond acceptors (Lipinski definition) is 3. The number of fused-ring (bicyclic) bond motifs is 1. The standard InChI is InChI=1S/C21H17N3O/c1-25-19-11-8-17(9-12-19)20-13-23-21-14-22-18(15-24(20)21)10-7-16-5-3-2-4-6-16/h2-15H,1H3/b10-7+. The van der Waals surface area contributed by atoms with Gasteiger partial charge >= 0.3 is 0 Å². The topological polar surface area (TPSA) is 39.4 Å². The van der Waals surface area contributed by atoms with E-state index in [1.165, 1.54) is 0 Å². The number of ether oxygens (including phenoxy) is 1. The van der Waals surface area contributed by atoms with Gasteiger partial charge in [0, 0.05) is 11.8 Å². The molecule has 4 rings (SSSR count). The molecule has 0 amide bonds. The van der Waals surface area contributed by atoms with Crippen LogP contribution in [0.5, 0.6) is 5.75 Å². The highest BCUT2D eigenvalue weighted by molar-refractivity contribution is 5.69. The Morgan fingerprint density at radius 3 is 2.44 bits per heavy atom. The first-order chi connectivity index (χ1) is 12.3. The molecule has 0 saturated heterocycles. The van der Waals surface area contributed by atoms with Gasteiger partial charge in [0.05, 0.1) is 30.9 Å². The van der Waals surface area contributed by atoms with E-state index in [2.05, 4.69) is 32.6 Å². The second-order valence-corrected chi connectivity index (χ2v) is 5.66. The van der Waals surface area contributed by atoms with E-state index in [4.69, 9.17) is 4.74 Å². The lowest BCUT2D eigenvalue weighted by atomic mass is 10.1.